The maximum atomic E-state index is 6.88. The third kappa shape index (κ3) is 5.02. The van der Waals surface area contributed by atoms with Crippen molar-refractivity contribution in [2.24, 2.45) is 0 Å². The Kier molecular flexibility index (Phi) is 7.84. The first-order valence-corrected chi connectivity index (χ1v) is 20.3. The second-order valence-electron chi connectivity index (χ2n) is 16.2. The van der Waals surface area contributed by atoms with Gasteiger partial charge < -0.3 is 8.83 Å². The van der Waals surface area contributed by atoms with Gasteiger partial charge in [-0.2, -0.15) is 9.97 Å². The summed E-state index contributed by atoms with van der Waals surface area (Å²) in [5, 5.41) is 6.72. The normalized spacial score (nSPS) is 11.9. The Morgan fingerprint density at radius 2 is 0.881 bits per heavy atom. The summed E-state index contributed by atoms with van der Waals surface area (Å²) in [7, 11) is 18.0. The summed E-state index contributed by atoms with van der Waals surface area (Å²) in [6.45, 7) is 0. The highest BCUT2D eigenvalue weighted by atomic mass is 16.3. The molecule has 4 aromatic heterocycles. The summed E-state index contributed by atoms with van der Waals surface area (Å²) in [5.41, 5.74) is 19.5. The summed E-state index contributed by atoms with van der Waals surface area (Å²) in [6.07, 6.45) is 0. The van der Waals surface area contributed by atoms with E-state index in [1.165, 1.54) is 54.5 Å². The van der Waals surface area contributed by atoms with Gasteiger partial charge in [0, 0.05) is 43.7 Å². The number of rotatable bonds is 4. The summed E-state index contributed by atoms with van der Waals surface area (Å²) in [4.78, 5) is 16.0. The second kappa shape index (κ2) is 13.0. The van der Waals surface area contributed by atoms with Crippen LogP contribution in [0.3, 0.4) is 0 Å². The number of benzene rings is 7. The van der Waals surface area contributed by atoms with Gasteiger partial charge in [0.25, 0.3) is 0 Å². The van der Waals surface area contributed by atoms with E-state index in [1.54, 1.807) is 0 Å². The molecule has 0 fully saturated rings. The van der Waals surface area contributed by atoms with Gasteiger partial charge >= 0.3 is 0 Å². The van der Waals surface area contributed by atoms with Crippen molar-refractivity contribution in [3.8, 4) is 39.9 Å². The molecule has 7 aromatic carbocycles. The zero-order valence-corrected chi connectivity index (χ0v) is 34.5. The summed E-state index contributed by atoms with van der Waals surface area (Å²) >= 11 is 0. The first-order valence-electron chi connectivity index (χ1n) is 20.3. The van der Waals surface area contributed by atoms with Gasteiger partial charge in [0.15, 0.2) is 11.6 Å². The van der Waals surface area contributed by atoms with Crippen LogP contribution in [0.5, 0.6) is 0 Å². The largest absolute Gasteiger partial charge is 0.455 e. The Balaban J connectivity index is 1.22. The average Bonchev–Trinajstić information content (AvgIpc) is 3.97. The Bertz CT molecular complexity index is 3540. The number of aromatic nitrogens is 4. The molecule has 6 nitrogen and oxygen atoms in total. The smallest absolute Gasteiger partial charge is 0.238 e. The molecule has 0 radical (unpaired) electrons. The highest BCUT2D eigenvalue weighted by Gasteiger charge is 2.26. The molecule has 0 spiro atoms. The molecule has 270 valence electrons. The van der Waals surface area contributed by atoms with Gasteiger partial charge in [0.2, 0.25) is 5.95 Å². The van der Waals surface area contributed by atoms with E-state index in [-0.39, 0.29) is 0 Å². The molecule has 0 unspecified atom stereocenters. The molecule has 0 saturated carbocycles. The van der Waals surface area contributed by atoms with Crippen LogP contribution in [0.25, 0.3) is 106 Å². The van der Waals surface area contributed by atoms with Crippen LogP contribution < -0.4 is 43.7 Å². The summed E-state index contributed by atoms with van der Waals surface area (Å²) < 4.78 is 15.7. The molecule has 0 aliphatic carbocycles. The van der Waals surface area contributed by atoms with Crippen molar-refractivity contribution in [1.29, 1.82) is 0 Å². The second-order valence-corrected chi connectivity index (χ2v) is 16.2. The lowest BCUT2D eigenvalue weighted by Gasteiger charge is -2.16. The average molecular weight is 749 g/mol. The molecule has 11 rings (SSSR count). The third-order valence-electron chi connectivity index (χ3n) is 13.3. The maximum absolute atomic E-state index is 6.88. The zero-order valence-electron chi connectivity index (χ0n) is 34.5. The van der Waals surface area contributed by atoms with Gasteiger partial charge in [-0.15, -0.1) is 10.9 Å². The van der Waals surface area contributed by atoms with Crippen LogP contribution >= 0.6 is 0 Å². The van der Waals surface area contributed by atoms with E-state index >= 15 is 0 Å². The van der Waals surface area contributed by atoms with Gasteiger partial charge in [0.05, 0.1) is 5.56 Å². The quantitative estimate of drug-likeness (QED) is 0.192. The third-order valence-corrected chi connectivity index (χ3v) is 13.3. The first-order chi connectivity index (χ1) is 28.6. The molecule has 0 bridgehead atoms. The summed E-state index contributed by atoms with van der Waals surface area (Å²) in [5.74, 6) is 1.73. The maximum Gasteiger partial charge on any atom is 0.238 e. The van der Waals surface area contributed by atoms with Crippen molar-refractivity contribution in [2.75, 3.05) is 0 Å². The fourth-order valence-electron chi connectivity index (χ4n) is 9.58. The highest BCUT2D eigenvalue weighted by Crippen LogP contribution is 2.43. The molecule has 0 aliphatic rings. The number of furan rings is 2. The van der Waals surface area contributed by atoms with Crippen LogP contribution in [0.2, 0.25) is 0 Å². The molecule has 0 amide bonds. The number of nitrogens with zero attached hydrogens (tertiary/aromatic N) is 4. The molecular weight excluding hydrogens is 715 g/mol. The summed E-state index contributed by atoms with van der Waals surface area (Å²) in [6, 6.07) is 37.3. The lowest BCUT2D eigenvalue weighted by atomic mass is 9.63. The van der Waals surface area contributed by atoms with Crippen LogP contribution in [0.1, 0.15) is 0 Å². The molecule has 0 atom stereocenters. The monoisotopic (exact) mass is 750 g/mol. The van der Waals surface area contributed by atoms with Crippen molar-refractivity contribution < 1.29 is 8.83 Å². The van der Waals surface area contributed by atoms with Crippen molar-refractivity contribution >= 4 is 172 Å². The molecule has 11 aromatic rings. The van der Waals surface area contributed by atoms with Crippen LogP contribution in [-0.2, 0) is 0 Å². The van der Waals surface area contributed by atoms with E-state index in [2.05, 4.69) is 140 Å². The minimum Gasteiger partial charge on any atom is -0.455 e. The van der Waals surface area contributed by atoms with Crippen molar-refractivity contribution in [2.45, 2.75) is 0 Å². The van der Waals surface area contributed by atoms with E-state index in [4.69, 9.17) is 23.8 Å². The fourth-order valence-corrected chi connectivity index (χ4v) is 9.58. The van der Waals surface area contributed by atoms with E-state index in [0.29, 0.717) is 17.6 Å². The number of fused-ring (bicyclic) bond motifs is 9. The van der Waals surface area contributed by atoms with Gasteiger partial charge in [-0.3, -0.25) is 4.57 Å². The Labute approximate surface area is 348 Å². The minimum atomic E-state index is 0.547. The van der Waals surface area contributed by atoms with E-state index in [0.717, 1.165) is 77.2 Å². The van der Waals surface area contributed by atoms with E-state index in [1.807, 2.05) is 36.4 Å². The van der Waals surface area contributed by atoms with Crippen molar-refractivity contribution in [3.05, 3.63) is 109 Å². The van der Waals surface area contributed by atoms with Crippen LogP contribution in [0.15, 0.2) is 118 Å². The first kappa shape index (κ1) is 35.6. The molecule has 0 N–H and O–H groups in total. The minimum absolute atomic E-state index is 0.547. The zero-order chi connectivity index (χ0) is 40.4. The lowest BCUT2D eigenvalue weighted by molar-refractivity contribution is 0.669. The van der Waals surface area contributed by atoms with Gasteiger partial charge in [-0.05, 0) is 34.5 Å². The Morgan fingerprint density at radius 3 is 1.59 bits per heavy atom. The molecule has 0 aliphatic heterocycles. The van der Waals surface area contributed by atoms with Crippen LogP contribution in [0.4, 0.5) is 0 Å². The Morgan fingerprint density at radius 1 is 0.373 bits per heavy atom. The van der Waals surface area contributed by atoms with E-state index < -0.39 is 0 Å². The van der Waals surface area contributed by atoms with Gasteiger partial charge in [0.1, 0.15) is 85.1 Å². The lowest BCUT2D eigenvalue weighted by Crippen LogP contribution is -2.49. The number of hydrogen-bond donors (Lipinski definition) is 0. The molecular formula is C45H34B8N4O2. The van der Waals surface area contributed by atoms with Crippen molar-refractivity contribution in [1.82, 2.24) is 19.5 Å². The SMILES string of the molecule is Bc1c(B)c(B)c2c(c1B)c1c(B)c(B)c(B)c(B)c1n2-c1nc(-c2ccccc2)nc(-c2cccc3c2oc2cccc(-c4cccc5c4oc4ccccc45)c23)n1. The molecule has 14 heteroatoms. The predicted octanol–water partition coefficient (Wildman–Crippen LogP) is -2.16. The van der Waals surface area contributed by atoms with Gasteiger partial charge in [-0.1, -0.05) is 124 Å². The molecule has 4 heterocycles. The molecule has 0 saturated heterocycles. The molecule has 59 heavy (non-hydrogen) atoms. The topological polar surface area (TPSA) is 69.9 Å². The highest BCUT2D eigenvalue weighted by molar-refractivity contribution is 6.71. The van der Waals surface area contributed by atoms with E-state index in [9.17, 15) is 0 Å². The van der Waals surface area contributed by atoms with Gasteiger partial charge in [-0.25, -0.2) is 4.98 Å². The van der Waals surface area contributed by atoms with Crippen molar-refractivity contribution in [3.63, 3.8) is 0 Å². The number of para-hydroxylation sites is 3. The van der Waals surface area contributed by atoms with Crippen LogP contribution in [-0.4, -0.2) is 82.3 Å². The number of hydrogen-bond acceptors (Lipinski definition) is 5. The Hall–Kier alpha value is -6.53. The predicted molar refractivity (Wildman–Crippen MR) is 270 cm³/mol. The fraction of sp³-hybridized carbons (Fsp3) is 0. The van der Waals surface area contributed by atoms with Crippen LogP contribution in [0, 0.1) is 0 Å². The standard InChI is InChI=1S/C45H34B8N4O2/c46-31-29-30-32(47)34(49)36(51)38(53)40(30)57(39(29)37(52)35(50)33(31)48)45-55-43(19-9-2-1-3-10-19)54-44(56-45)25-16-7-15-24-28-21(12-8-18-27(28)59-42(24)25)23-14-6-13-22-20-11-4-5-17-26(20)58-41(22)23/h1-18H,46-53H2.